The highest BCUT2D eigenvalue weighted by Gasteiger charge is 2.13. The lowest BCUT2D eigenvalue weighted by Crippen LogP contribution is -2.20. The van der Waals surface area contributed by atoms with Crippen molar-refractivity contribution in [1.82, 2.24) is 10.3 Å². The standard InChI is InChI=1S/C18H24N2S/c1-12-6-7-14(3)16(9-12)17(19-5)11-21-18-10-13(2)8-15(4)20-18/h6-10,17,19H,11H2,1-5H3. The van der Waals surface area contributed by atoms with Gasteiger partial charge in [0.1, 0.15) is 0 Å². The van der Waals surface area contributed by atoms with Gasteiger partial charge in [-0.25, -0.2) is 4.98 Å². The Bertz CT molecular complexity index is 602. The molecule has 0 saturated heterocycles. The number of benzene rings is 1. The predicted octanol–water partition coefficient (Wildman–Crippen LogP) is 4.37. The van der Waals surface area contributed by atoms with E-state index >= 15 is 0 Å². The highest BCUT2D eigenvalue weighted by molar-refractivity contribution is 7.99. The zero-order valence-corrected chi connectivity index (χ0v) is 14.3. The van der Waals surface area contributed by atoms with Gasteiger partial charge in [-0.2, -0.15) is 0 Å². The van der Waals surface area contributed by atoms with E-state index in [-0.39, 0.29) is 0 Å². The monoisotopic (exact) mass is 300 g/mol. The lowest BCUT2D eigenvalue weighted by Gasteiger charge is -2.19. The normalized spacial score (nSPS) is 12.4. The molecular weight excluding hydrogens is 276 g/mol. The number of thioether (sulfide) groups is 1. The molecule has 2 rings (SSSR count). The Balaban J connectivity index is 2.14. The maximum atomic E-state index is 4.61. The van der Waals surface area contributed by atoms with E-state index in [0.717, 1.165) is 16.5 Å². The fraction of sp³-hybridized carbons (Fsp3) is 0.389. The van der Waals surface area contributed by atoms with Gasteiger partial charge in [0.2, 0.25) is 0 Å². The molecule has 112 valence electrons. The molecule has 3 heteroatoms. The number of pyridine rings is 1. The highest BCUT2D eigenvalue weighted by atomic mass is 32.2. The second-order valence-electron chi connectivity index (χ2n) is 5.64. The van der Waals surface area contributed by atoms with Crippen LogP contribution in [0.3, 0.4) is 0 Å². The maximum absolute atomic E-state index is 4.61. The van der Waals surface area contributed by atoms with E-state index in [2.05, 4.69) is 68.3 Å². The summed E-state index contributed by atoms with van der Waals surface area (Å²) < 4.78 is 0. The van der Waals surface area contributed by atoms with E-state index in [9.17, 15) is 0 Å². The van der Waals surface area contributed by atoms with Gasteiger partial charge in [-0.1, -0.05) is 23.8 Å². The summed E-state index contributed by atoms with van der Waals surface area (Å²) >= 11 is 1.82. The van der Waals surface area contributed by atoms with Crippen LogP contribution >= 0.6 is 11.8 Å². The number of nitrogens with zero attached hydrogens (tertiary/aromatic N) is 1. The molecule has 0 amide bonds. The fourth-order valence-electron chi connectivity index (χ4n) is 2.51. The molecule has 0 spiro atoms. The molecule has 0 aliphatic rings. The second-order valence-corrected chi connectivity index (χ2v) is 6.68. The van der Waals surface area contributed by atoms with E-state index in [4.69, 9.17) is 0 Å². The summed E-state index contributed by atoms with van der Waals surface area (Å²) in [7, 11) is 2.03. The lowest BCUT2D eigenvalue weighted by molar-refractivity contribution is 0.657. The molecule has 0 fully saturated rings. The van der Waals surface area contributed by atoms with Crippen LogP contribution in [0.2, 0.25) is 0 Å². The topological polar surface area (TPSA) is 24.9 Å². The van der Waals surface area contributed by atoms with Crippen LogP contribution in [0.5, 0.6) is 0 Å². The first-order valence-corrected chi connectivity index (χ1v) is 8.30. The molecule has 21 heavy (non-hydrogen) atoms. The van der Waals surface area contributed by atoms with Crippen LogP contribution in [0.25, 0.3) is 0 Å². The van der Waals surface area contributed by atoms with Gasteiger partial charge >= 0.3 is 0 Å². The second kappa shape index (κ2) is 7.10. The van der Waals surface area contributed by atoms with Crippen molar-refractivity contribution >= 4 is 11.8 Å². The van der Waals surface area contributed by atoms with Crippen molar-refractivity contribution in [2.24, 2.45) is 0 Å². The van der Waals surface area contributed by atoms with Crippen molar-refractivity contribution in [3.63, 3.8) is 0 Å². The van der Waals surface area contributed by atoms with Gasteiger partial charge in [0.25, 0.3) is 0 Å². The number of hydrogen-bond donors (Lipinski definition) is 1. The van der Waals surface area contributed by atoms with Gasteiger partial charge in [0.05, 0.1) is 5.03 Å². The summed E-state index contributed by atoms with van der Waals surface area (Å²) in [6, 6.07) is 11.3. The Labute approximate surface area is 132 Å². The van der Waals surface area contributed by atoms with Crippen LogP contribution in [0.4, 0.5) is 0 Å². The molecule has 1 aromatic heterocycles. The van der Waals surface area contributed by atoms with Crippen molar-refractivity contribution in [2.45, 2.75) is 38.8 Å². The molecule has 2 aromatic rings. The molecule has 1 atom stereocenters. The van der Waals surface area contributed by atoms with Crippen LogP contribution in [0, 0.1) is 27.7 Å². The first-order chi connectivity index (χ1) is 9.99. The smallest absolute Gasteiger partial charge is 0.0966 e. The first-order valence-electron chi connectivity index (χ1n) is 7.32. The summed E-state index contributed by atoms with van der Waals surface area (Å²) in [4.78, 5) is 4.61. The molecule has 0 aliphatic carbocycles. The number of nitrogens with one attached hydrogen (secondary N) is 1. The Morgan fingerprint density at radius 3 is 2.48 bits per heavy atom. The van der Waals surface area contributed by atoms with Crippen LogP contribution < -0.4 is 5.32 Å². The largest absolute Gasteiger partial charge is 0.312 e. The van der Waals surface area contributed by atoms with Gasteiger partial charge in [0.15, 0.2) is 0 Å². The molecule has 0 saturated carbocycles. The SMILES string of the molecule is CNC(CSc1cc(C)cc(C)n1)c1cc(C)ccc1C. The summed E-state index contributed by atoms with van der Waals surface area (Å²) in [5.74, 6) is 0.983. The number of rotatable bonds is 5. The minimum absolute atomic E-state index is 0.345. The molecule has 0 aliphatic heterocycles. The molecule has 1 heterocycles. The van der Waals surface area contributed by atoms with Gasteiger partial charge in [-0.05, 0) is 63.6 Å². The van der Waals surface area contributed by atoms with Crippen molar-refractivity contribution < 1.29 is 0 Å². The fourth-order valence-corrected chi connectivity index (χ4v) is 3.67. The summed E-state index contributed by atoms with van der Waals surface area (Å²) in [5.41, 5.74) is 6.40. The molecular formula is C18H24N2S. The third-order valence-electron chi connectivity index (χ3n) is 3.63. The van der Waals surface area contributed by atoms with Crippen molar-refractivity contribution in [3.05, 3.63) is 58.3 Å². The molecule has 0 bridgehead atoms. The summed E-state index contributed by atoms with van der Waals surface area (Å²) in [5, 5.41) is 4.55. The first kappa shape index (κ1) is 16.1. The molecule has 1 unspecified atom stereocenters. The van der Waals surface area contributed by atoms with E-state index in [1.807, 2.05) is 18.8 Å². The Morgan fingerprint density at radius 1 is 1.05 bits per heavy atom. The van der Waals surface area contributed by atoms with Crippen molar-refractivity contribution in [3.8, 4) is 0 Å². The Morgan fingerprint density at radius 2 is 1.81 bits per heavy atom. The molecule has 2 nitrogen and oxygen atoms in total. The van der Waals surface area contributed by atoms with E-state index in [1.54, 1.807) is 0 Å². The van der Waals surface area contributed by atoms with Crippen LogP contribution in [0.15, 0.2) is 35.4 Å². The maximum Gasteiger partial charge on any atom is 0.0966 e. The van der Waals surface area contributed by atoms with E-state index in [0.29, 0.717) is 6.04 Å². The minimum Gasteiger partial charge on any atom is -0.312 e. The van der Waals surface area contributed by atoms with E-state index < -0.39 is 0 Å². The van der Waals surface area contributed by atoms with Crippen LogP contribution in [-0.2, 0) is 0 Å². The minimum atomic E-state index is 0.345. The quantitative estimate of drug-likeness (QED) is 0.830. The molecule has 1 aromatic carbocycles. The van der Waals surface area contributed by atoms with E-state index in [1.165, 1.54) is 22.3 Å². The summed E-state index contributed by atoms with van der Waals surface area (Å²) in [6.45, 7) is 8.50. The predicted molar refractivity (Wildman–Crippen MR) is 92.2 cm³/mol. The molecule has 1 N–H and O–H groups in total. The van der Waals surface area contributed by atoms with Crippen molar-refractivity contribution in [1.29, 1.82) is 0 Å². The highest BCUT2D eigenvalue weighted by Crippen LogP contribution is 2.26. The number of aromatic nitrogens is 1. The summed E-state index contributed by atoms with van der Waals surface area (Å²) in [6.07, 6.45) is 0. The average molecular weight is 300 g/mol. The van der Waals surface area contributed by atoms with Gasteiger partial charge in [0, 0.05) is 17.5 Å². The van der Waals surface area contributed by atoms with Gasteiger partial charge < -0.3 is 5.32 Å². The van der Waals surface area contributed by atoms with Gasteiger partial charge in [-0.3, -0.25) is 0 Å². The average Bonchev–Trinajstić information content (AvgIpc) is 2.42. The zero-order valence-electron chi connectivity index (χ0n) is 13.5. The third kappa shape index (κ3) is 4.32. The van der Waals surface area contributed by atoms with Gasteiger partial charge in [-0.15, -0.1) is 11.8 Å². The van der Waals surface area contributed by atoms with Crippen LogP contribution in [0.1, 0.15) is 34.0 Å². The zero-order chi connectivity index (χ0) is 15.4. The van der Waals surface area contributed by atoms with Crippen LogP contribution in [-0.4, -0.2) is 17.8 Å². The molecule has 0 radical (unpaired) electrons. The number of aryl methyl sites for hydroxylation is 4. The number of hydrogen-bond acceptors (Lipinski definition) is 3. The van der Waals surface area contributed by atoms with Crippen molar-refractivity contribution in [2.75, 3.05) is 12.8 Å². The lowest BCUT2D eigenvalue weighted by atomic mass is 10.0. The Hall–Kier alpha value is -1.32. The third-order valence-corrected chi connectivity index (χ3v) is 4.64. The Kier molecular flexibility index (Phi) is 5.43.